The average Bonchev–Trinajstić information content (AvgIpc) is 2.61. The maximum absolute atomic E-state index is 10.1. The van der Waals surface area contributed by atoms with Gasteiger partial charge in [-0.05, 0) is 64.9 Å². The lowest BCUT2D eigenvalue weighted by Gasteiger charge is -2.22. The lowest BCUT2D eigenvalue weighted by molar-refractivity contribution is 0.338. The van der Waals surface area contributed by atoms with E-state index in [1.807, 2.05) is 6.07 Å². The highest BCUT2D eigenvalue weighted by atomic mass is 125. The van der Waals surface area contributed by atoms with Crippen LogP contribution in [0.4, 0.5) is 0 Å². The van der Waals surface area contributed by atoms with Crippen molar-refractivity contribution in [3.8, 4) is 5.75 Å². The Bertz CT molecular complexity index is 612. The topological polar surface area (TPSA) is 23.5 Å². The Hall–Kier alpha value is -1.07. The van der Waals surface area contributed by atoms with E-state index in [1.165, 1.54) is 16.7 Å². The predicted octanol–water partition coefficient (Wildman–Crippen LogP) is 3.62. The van der Waals surface area contributed by atoms with Gasteiger partial charge in [0.1, 0.15) is 5.75 Å². The Kier molecular flexibility index (Phi) is 3.98. The molecule has 2 aromatic carbocycles. The summed E-state index contributed by atoms with van der Waals surface area (Å²) in [7, 11) is 2.17. The highest BCUT2D eigenvalue weighted by Gasteiger charge is 2.24. The molecule has 2 nitrogen and oxygen atoms in total. The monoisotopic (exact) mass is 377 g/mol. The first-order chi connectivity index (χ1) is 9.65. The van der Waals surface area contributed by atoms with Gasteiger partial charge < -0.3 is 10.0 Å². The Morgan fingerprint density at radius 1 is 1.20 bits per heavy atom. The normalized spacial score (nSPS) is 19.4. The number of hydrogen-bond donors (Lipinski definition) is 1. The minimum atomic E-state index is 0.335. The van der Waals surface area contributed by atoms with Crippen LogP contribution in [0.2, 0.25) is 0 Å². The van der Waals surface area contributed by atoms with Crippen LogP contribution in [-0.2, 0) is 6.42 Å². The van der Waals surface area contributed by atoms with E-state index >= 15 is 0 Å². The zero-order chi connectivity index (χ0) is 14.1. The third-order valence-electron chi connectivity index (χ3n) is 4.04. The number of fused-ring (bicyclic) bond motifs is 1. The maximum Gasteiger partial charge on any atom is 0.129 e. The van der Waals surface area contributed by atoms with Crippen LogP contribution in [0, 0.1) is 3.57 Å². The molecule has 104 valence electrons. The highest BCUT2D eigenvalue weighted by Crippen LogP contribution is 2.35. The second kappa shape index (κ2) is 5.74. The second-order valence-electron chi connectivity index (χ2n) is 5.48. The molecule has 1 atom stereocenters. The molecule has 0 radical (unpaired) electrons. The van der Waals surface area contributed by atoms with E-state index in [4.69, 9.17) is 0 Å². The Morgan fingerprint density at radius 2 is 1.95 bits per heavy atom. The first kappa shape index (κ1) is 13.9. The summed E-state index contributed by atoms with van der Waals surface area (Å²) in [6, 6.07) is 14.7. The highest BCUT2D eigenvalue weighted by molar-refractivity contribution is 14.1. The van der Waals surface area contributed by atoms with E-state index in [9.17, 15) is 5.11 Å². The number of likely N-dealkylation sites (N-methyl/N-ethyl adjacent to an activating group) is 1. The van der Waals surface area contributed by atoms with Gasteiger partial charge in [0.15, 0.2) is 0 Å². The van der Waals surface area contributed by atoms with Crippen molar-refractivity contribution in [1.82, 2.24) is 4.90 Å². The SMILES string of the molecule is CN1CCc2cc([125I])c(O)cc2[C@@H](c2ccccc2)C1. The number of halogens is 1. The minimum absolute atomic E-state index is 0.335. The predicted molar refractivity (Wildman–Crippen MR) is 90.3 cm³/mol. The minimum Gasteiger partial charge on any atom is -0.507 e. The fourth-order valence-electron chi connectivity index (χ4n) is 2.94. The van der Waals surface area contributed by atoms with E-state index in [0.717, 1.165) is 23.1 Å². The maximum atomic E-state index is 10.1. The largest absolute Gasteiger partial charge is 0.507 e. The van der Waals surface area contributed by atoms with Crippen LogP contribution in [0.25, 0.3) is 0 Å². The van der Waals surface area contributed by atoms with Gasteiger partial charge in [-0.3, -0.25) is 0 Å². The number of benzene rings is 2. The summed E-state index contributed by atoms with van der Waals surface area (Å²) in [5.74, 6) is 0.733. The van der Waals surface area contributed by atoms with Crippen molar-refractivity contribution in [2.75, 3.05) is 20.1 Å². The molecule has 0 amide bonds. The van der Waals surface area contributed by atoms with Gasteiger partial charge in [-0.2, -0.15) is 0 Å². The number of aromatic hydroxyl groups is 1. The van der Waals surface area contributed by atoms with E-state index in [1.54, 1.807) is 0 Å². The standard InChI is InChI=1S/C17H18INO/c1-19-8-7-13-9-16(18)17(20)10-14(13)15(11-19)12-5-3-2-4-6-12/h2-6,9-10,15,20H,7-8,11H2,1H3/t15-/m1/s1/i18-2. The average molecular weight is 377 g/mol. The molecule has 1 heterocycles. The van der Waals surface area contributed by atoms with Gasteiger partial charge >= 0.3 is 0 Å². The van der Waals surface area contributed by atoms with Crippen LogP contribution >= 0.6 is 22.6 Å². The van der Waals surface area contributed by atoms with E-state index in [2.05, 4.69) is 70.9 Å². The summed E-state index contributed by atoms with van der Waals surface area (Å²) >= 11 is 2.21. The lowest BCUT2D eigenvalue weighted by Crippen LogP contribution is -2.24. The third-order valence-corrected chi connectivity index (χ3v) is 4.91. The van der Waals surface area contributed by atoms with Gasteiger partial charge in [-0.1, -0.05) is 30.3 Å². The molecule has 3 rings (SSSR count). The van der Waals surface area contributed by atoms with E-state index < -0.39 is 0 Å². The molecule has 1 aliphatic rings. The Labute approximate surface area is 133 Å². The molecular weight excluding hydrogens is 359 g/mol. The van der Waals surface area contributed by atoms with Gasteiger partial charge in [0.25, 0.3) is 0 Å². The molecule has 0 bridgehead atoms. The zero-order valence-electron chi connectivity index (χ0n) is 11.5. The molecule has 2 aromatic rings. The van der Waals surface area contributed by atoms with Gasteiger partial charge in [-0.15, -0.1) is 0 Å². The first-order valence-corrected chi connectivity index (χ1v) is 7.98. The molecule has 0 saturated heterocycles. The lowest BCUT2D eigenvalue weighted by atomic mass is 9.88. The number of hydrogen-bond acceptors (Lipinski definition) is 2. The fourth-order valence-corrected chi connectivity index (χ4v) is 3.47. The van der Waals surface area contributed by atoms with Crippen molar-refractivity contribution in [3.05, 3.63) is 62.7 Å². The molecule has 1 N–H and O–H groups in total. The summed E-state index contributed by atoms with van der Waals surface area (Å²) in [6.45, 7) is 2.06. The van der Waals surface area contributed by atoms with Crippen LogP contribution in [0.5, 0.6) is 5.75 Å². The molecule has 1 aliphatic heterocycles. The van der Waals surface area contributed by atoms with Gasteiger partial charge in [0.2, 0.25) is 0 Å². The van der Waals surface area contributed by atoms with Crippen LogP contribution in [0.15, 0.2) is 42.5 Å². The van der Waals surface area contributed by atoms with Crippen molar-refractivity contribution in [3.63, 3.8) is 0 Å². The summed E-state index contributed by atoms with van der Waals surface area (Å²) in [4.78, 5) is 2.38. The molecule has 0 spiro atoms. The van der Waals surface area contributed by atoms with Crippen LogP contribution in [0.1, 0.15) is 22.6 Å². The fraction of sp³-hybridized carbons (Fsp3) is 0.294. The van der Waals surface area contributed by atoms with Crippen molar-refractivity contribution >= 4 is 22.6 Å². The van der Waals surface area contributed by atoms with Crippen LogP contribution in [0.3, 0.4) is 0 Å². The van der Waals surface area contributed by atoms with Gasteiger partial charge in [0.05, 0.1) is 3.57 Å². The van der Waals surface area contributed by atoms with Crippen LogP contribution in [-0.4, -0.2) is 30.1 Å². The Morgan fingerprint density at radius 3 is 2.70 bits per heavy atom. The van der Waals surface area contributed by atoms with E-state index in [-0.39, 0.29) is 0 Å². The third kappa shape index (κ3) is 2.69. The Balaban J connectivity index is 2.12. The number of rotatable bonds is 1. The van der Waals surface area contributed by atoms with Gasteiger partial charge in [0, 0.05) is 19.0 Å². The second-order valence-corrected chi connectivity index (χ2v) is 6.64. The van der Waals surface area contributed by atoms with Crippen molar-refractivity contribution in [2.45, 2.75) is 12.3 Å². The zero-order valence-corrected chi connectivity index (χ0v) is 13.7. The summed E-state index contributed by atoms with van der Waals surface area (Å²) in [5.41, 5.74) is 3.96. The summed E-state index contributed by atoms with van der Waals surface area (Å²) < 4.78 is 0.942. The number of phenolic OH excluding ortho intramolecular Hbond substituents is 1. The molecule has 0 aliphatic carbocycles. The molecule has 3 heteroatoms. The molecular formula is C17H18INO. The summed E-state index contributed by atoms with van der Waals surface area (Å²) in [5, 5.41) is 10.1. The van der Waals surface area contributed by atoms with E-state index in [0.29, 0.717) is 11.7 Å². The smallest absolute Gasteiger partial charge is 0.129 e. The quantitative estimate of drug-likeness (QED) is 0.768. The molecule has 0 saturated carbocycles. The van der Waals surface area contributed by atoms with Gasteiger partial charge in [-0.25, -0.2) is 0 Å². The van der Waals surface area contributed by atoms with Crippen LogP contribution < -0.4 is 0 Å². The molecule has 0 aromatic heterocycles. The molecule has 0 unspecified atom stereocenters. The molecule has 20 heavy (non-hydrogen) atoms. The number of phenols is 1. The van der Waals surface area contributed by atoms with Crippen molar-refractivity contribution < 1.29 is 5.11 Å². The molecule has 0 fully saturated rings. The number of nitrogens with zero attached hydrogens (tertiary/aromatic N) is 1. The van der Waals surface area contributed by atoms with Crippen molar-refractivity contribution in [1.29, 1.82) is 0 Å². The first-order valence-electron chi connectivity index (χ1n) is 6.90. The summed E-state index contributed by atoms with van der Waals surface area (Å²) in [6.07, 6.45) is 1.05. The van der Waals surface area contributed by atoms with Crippen molar-refractivity contribution in [2.24, 2.45) is 0 Å².